The molecule has 17 heavy (non-hydrogen) atoms. The number of hydrogen-bond acceptors (Lipinski definition) is 3. The summed E-state index contributed by atoms with van der Waals surface area (Å²) in [6.45, 7) is 4.93. The Balaban J connectivity index is 4.12. The minimum atomic E-state index is -0.830. The highest BCUT2D eigenvalue weighted by Gasteiger charge is 2.21. The van der Waals surface area contributed by atoms with Crippen LogP contribution in [-0.2, 0) is 9.59 Å². The molecule has 100 valence electrons. The van der Waals surface area contributed by atoms with E-state index in [0.717, 1.165) is 6.42 Å². The lowest BCUT2D eigenvalue weighted by atomic mass is 9.96. The van der Waals surface area contributed by atoms with E-state index in [1.54, 1.807) is 11.9 Å². The molecule has 0 aromatic rings. The second kappa shape index (κ2) is 8.06. The number of amides is 1. The summed E-state index contributed by atoms with van der Waals surface area (Å²) >= 11 is 0. The van der Waals surface area contributed by atoms with Crippen LogP contribution in [0.2, 0.25) is 0 Å². The van der Waals surface area contributed by atoms with Gasteiger partial charge in [0.2, 0.25) is 5.91 Å². The van der Waals surface area contributed by atoms with Crippen LogP contribution in [0.3, 0.4) is 0 Å². The number of carboxylic acids is 1. The Morgan fingerprint density at radius 1 is 1.35 bits per heavy atom. The molecular weight excluding hydrogens is 220 g/mol. The second-order valence-electron chi connectivity index (χ2n) is 4.82. The van der Waals surface area contributed by atoms with Gasteiger partial charge in [0.05, 0.1) is 5.92 Å². The van der Waals surface area contributed by atoms with E-state index in [4.69, 9.17) is 10.8 Å². The molecule has 5 heteroatoms. The zero-order valence-corrected chi connectivity index (χ0v) is 11.0. The van der Waals surface area contributed by atoms with Crippen molar-refractivity contribution >= 4 is 11.9 Å². The third-order valence-corrected chi connectivity index (χ3v) is 2.65. The average molecular weight is 244 g/mol. The Labute approximate surface area is 103 Å². The highest BCUT2D eigenvalue weighted by Crippen LogP contribution is 2.13. The van der Waals surface area contributed by atoms with E-state index in [1.807, 2.05) is 0 Å². The number of carboxylic acid groups (broad SMARTS) is 1. The molecule has 0 aromatic carbocycles. The van der Waals surface area contributed by atoms with Gasteiger partial charge in [0, 0.05) is 26.6 Å². The number of carbonyl (C=O) groups is 2. The molecule has 0 aliphatic carbocycles. The van der Waals surface area contributed by atoms with Gasteiger partial charge in [-0.1, -0.05) is 13.8 Å². The van der Waals surface area contributed by atoms with Gasteiger partial charge in [-0.3, -0.25) is 9.59 Å². The summed E-state index contributed by atoms with van der Waals surface area (Å²) in [5.74, 6) is -0.528. The van der Waals surface area contributed by atoms with E-state index in [-0.39, 0.29) is 18.2 Å². The fourth-order valence-corrected chi connectivity index (χ4v) is 1.76. The normalized spacial score (nSPS) is 12.5. The quantitative estimate of drug-likeness (QED) is 0.665. The first kappa shape index (κ1) is 15.9. The first-order chi connectivity index (χ1) is 7.88. The molecule has 0 spiro atoms. The Hall–Kier alpha value is -1.10. The number of aliphatic carboxylic acids is 1. The van der Waals surface area contributed by atoms with Gasteiger partial charge in [-0.25, -0.2) is 0 Å². The van der Waals surface area contributed by atoms with Crippen LogP contribution in [0.1, 0.15) is 33.1 Å². The highest BCUT2D eigenvalue weighted by molar-refractivity contribution is 5.78. The van der Waals surface area contributed by atoms with Gasteiger partial charge >= 0.3 is 5.97 Å². The van der Waals surface area contributed by atoms with Crippen LogP contribution < -0.4 is 5.73 Å². The molecular formula is C12H24N2O3. The molecule has 0 bridgehead atoms. The summed E-state index contributed by atoms with van der Waals surface area (Å²) in [5, 5.41) is 8.52. The molecule has 0 aromatic heterocycles. The number of hydrogen-bond donors (Lipinski definition) is 2. The van der Waals surface area contributed by atoms with E-state index in [1.165, 1.54) is 0 Å². The van der Waals surface area contributed by atoms with Gasteiger partial charge in [0.15, 0.2) is 0 Å². The van der Waals surface area contributed by atoms with Crippen molar-refractivity contribution in [1.82, 2.24) is 4.90 Å². The zero-order chi connectivity index (χ0) is 13.4. The lowest BCUT2D eigenvalue weighted by molar-refractivity contribution is -0.138. The SMILES string of the molecule is CC(C)CC(CN)C(=O)N(C)CCCC(=O)O. The first-order valence-corrected chi connectivity index (χ1v) is 6.05. The number of rotatable bonds is 8. The third kappa shape index (κ3) is 6.94. The molecule has 1 amide bonds. The van der Waals surface area contributed by atoms with Gasteiger partial charge in [0.25, 0.3) is 0 Å². The number of nitrogens with two attached hydrogens (primary N) is 1. The average Bonchev–Trinajstić information content (AvgIpc) is 2.23. The summed E-state index contributed by atoms with van der Waals surface area (Å²) in [6, 6.07) is 0. The van der Waals surface area contributed by atoms with Gasteiger partial charge in [-0.15, -0.1) is 0 Å². The molecule has 3 N–H and O–H groups in total. The summed E-state index contributed by atoms with van der Waals surface area (Å²) in [6.07, 6.45) is 1.35. The largest absolute Gasteiger partial charge is 0.481 e. The van der Waals surface area contributed by atoms with E-state index in [2.05, 4.69) is 13.8 Å². The first-order valence-electron chi connectivity index (χ1n) is 6.05. The van der Waals surface area contributed by atoms with Crippen LogP contribution in [0, 0.1) is 11.8 Å². The molecule has 0 radical (unpaired) electrons. The van der Waals surface area contributed by atoms with Gasteiger partial charge in [-0.05, 0) is 18.8 Å². The second-order valence-corrected chi connectivity index (χ2v) is 4.82. The van der Waals surface area contributed by atoms with E-state index >= 15 is 0 Å². The van der Waals surface area contributed by atoms with Crippen LogP contribution in [0.15, 0.2) is 0 Å². The summed E-state index contributed by atoms with van der Waals surface area (Å²) < 4.78 is 0. The van der Waals surface area contributed by atoms with Crippen molar-refractivity contribution in [2.24, 2.45) is 17.6 Å². The Morgan fingerprint density at radius 2 is 1.94 bits per heavy atom. The van der Waals surface area contributed by atoms with E-state index in [0.29, 0.717) is 25.4 Å². The molecule has 0 aliphatic rings. The smallest absolute Gasteiger partial charge is 0.303 e. The van der Waals surface area contributed by atoms with Crippen LogP contribution in [0.4, 0.5) is 0 Å². The van der Waals surface area contributed by atoms with Crippen molar-refractivity contribution in [1.29, 1.82) is 0 Å². The molecule has 0 heterocycles. The molecule has 0 fully saturated rings. The molecule has 5 nitrogen and oxygen atoms in total. The predicted octanol–water partition coefficient (Wildman–Crippen LogP) is 0.931. The summed E-state index contributed by atoms with van der Waals surface area (Å²) in [4.78, 5) is 23.9. The highest BCUT2D eigenvalue weighted by atomic mass is 16.4. The number of carbonyl (C=O) groups excluding carboxylic acids is 1. The fourth-order valence-electron chi connectivity index (χ4n) is 1.76. The van der Waals surface area contributed by atoms with Crippen LogP contribution in [0.25, 0.3) is 0 Å². The van der Waals surface area contributed by atoms with E-state index in [9.17, 15) is 9.59 Å². The van der Waals surface area contributed by atoms with Crippen molar-refractivity contribution in [2.75, 3.05) is 20.1 Å². The van der Waals surface area contributed by atoms with Crippen molar-refractivity contribution < 1.29 is 14.7 Å². The van der Waals surface area contributed by atoms with Crippen molar-refractivity contribution in [3.05, 3.63) is 0 Å². The standard InChI is InChI=1S/C12H24N2O3/c1-9(2)7-10(8-13)12(17)14(3)6-4-5-11(15)16/h9-10H,4-8,13H2,1-3H3,(H,15,16). The molecule has 0 aliphatic heterocycles. The number of nitrogens with zero attached hydrogens (tertiary/aromatic N) is 1. The zero-order valence-electron chi connectivity index (χ0n) is 11.0. The van der Waals surface area contributed by atoms with Gasteiger partial charge in [-0.2, -0.15) is 0 Å². The molecule has 0 saturated carbocycles. The minimum Gasteiger partial charge on any atom is -0.481 e. The minimum absolute atomic E-state index is 0.0200. The maximum atomic E-state index is 12.0. The maximum Gasteiger partial charge on any atom is 0.303 e. The molecule has 1 unspecified atom stereocenters. The monoisotopic (exact) mass is 244 g/mol. The van der Waals surface area contributed by atoms with E-state index < -0.39 is 5.97 Å². The van der Waals surface area contributed by atoms with Crippen LogP contribution in [-0.4, -0.2) is 42.0 Å². The Morgan fingerprint density at radius 3 is 2.35 bits per heavy atom. The lowest BCUT2D eigenvalue weighted by Gasteiger charge is -2.23. The summed E-state index contributed by atoms with van der Waals surface area (Å²) in [7, 11) is 1.70. The Bertz CT molecular complexity index is 254. The molecule has 0 rings (SSSR count). The van der Waals surface area contributed by atoms with Crippen molar-refractivity contribution in [3.63, 3.8) is 0 Å². The topological polar surface area (TPSA) is 83.6 Å². The van der Waals surface area contributed by atoms with Gasteiger partial charge < -0.3 is 15.7 Å². The fraction of sp³-hybridized carbons (Fsp3) is 0.833. The lowest BCUT2D eigenvalue weighted by Crippen LogP contribution is -2.38. The van der Waals surface area contributed by atoms with Crippen LogP contribution >= 0.6 is 0 Å². The Kier molecular flexibility index (Phi) is 7.54. The predicted molar refractivity (Wildman–Crippen MR) is 66.5 cm³/mol. The van der Waals surface area contributed by atoms with Gasteiger partial charge in [0.1, 0.15) is 0 Å². The molecule has 0 saturated heterocycles. The maximum absolute atomic E-state index is 12.0. The van der Waals surface area contributed by atoms with Crippen molar-refractivity contribution in [2.45, 2.75) is 33.1 Å². The van der Waals surface area contributed by atoms with Crippen LogP contribution in [0.5, 0.6) is 0 Å². The third-order valence-electron chi connectivity index (χ3n) is 2.65. The summed E-state index contributed by atoms with van der Waals surface area (Å²) in [5.41, 5.74) is 5.60. The van der Waals surface area contributed by atoms with Crippen molar-refractivity contribution in [3.8, 4) is 0 Å². The molecule has 1 atom stereocenters.